The number of benzene rings is 1. The Morgan fingerprint density at radius 3 is 2.67 bits per heavy atom. The molecule has 0 fully saturated rings. The van der Waals surface area contributed by atoms with Crippen LogP contribution in [0.25, 0.3) is 0 Å². The molecule has 4 heteroatoms. The zero-order chi connectivity index (χ0) is 9.68. The molecule has 0 heterocycles. The largest absolute Gasteiger partial charge is 1.00 e. The van der Waals surface area contributed by atoms with E-state index >= 15 is 0 Å². The summed E-state index contributed by atoms with van der Waals surface area (Å²) < 4.78 is 4.98. The maximum atomic E-state index is 11.4. The van der Waals surface area contributed by atoms with E-state index in [-0.39, 0.29) is 44.1 Å². The predicted molar refractivity (Wildman–Crippen MR) is 47.5 cm³/mol. The molecule has 0 spiro atoms. The molecule has 1 aromatic carbocycles. The van der Waals surface area contributed by atoms with Crippen molar-refractivity contribution in [3.63, 3.8) is 0 Å². The molecule has 68 valence electrons. The summed E-state index contributed by atoms with van der Waals surface area (Å²) >= 11 is 0. The van der Waals surface area contributed by atoms with Crippen LogP contribution in [0, 0.1) is 12.3 Å². The van der Waals surface area contributed by atoms with Crippen molar-refractivity contribution in [1.82, 2.24) is 0 Å². The van der Waals surface area contributed by atoms with Gasteiger partial charge < -0.3 is 22.2 Å². The predicted octanol–water partition coefficient (Wildman–Crippen LogP) is -4.92. The molecule has 2 nitrogen and oxygen atoms in total. The summed E-state index contributed by atoms with van der Waals surface area (Å²) in [4.78, 5) is 0. The third-order valence-corrected chi connectivity index (χ3v) is 1.75. The van der Waals surface area contributed by atoms with E-state index in [1.165, 1.54) is 0 Å². The third kappa shape index (κ3) is 5.39. The molecule has 0 amide bonds. The van der Waals surface area contributed by atoms with Crippen molar-refractivity contribution in [3.8, 4) is 11.7 Å². The fourth-order valence-electron chi connectivity index (χ4n) is 1.05. The number of methoxy groups -OCH3 is 1. The van der Waals surface area contributed by atoms with Crippen LogP contribution in [0.5, 0.6) is 5.75 Å². The molecule has 0 saturated heterocycles. The minimum atomic E-state index is -0.910. The van der Waals surface area contributed by atoms with Crippen molar-refractivity contribution in [3.05, 3.63) is 36.3 Å². The summed E-state index contributed by atoms with van der Waals surface area (Å²) in [6, 6.07) is 6.97. The van der Waals surface area contributed by atoms with Crippen LogP contribution in [-0.2, 0) is 0 Å². The molecular weight excluding hydrogens is 178 g/mol. The fraction of sp³-hybridized carbons (Fsp3) is 0.273. The molecule has 1 unspecified atom stereocenters. The average molecular weight is 188 g/mol. The van der Waals surface area contributed by atoms with Crippen LogP contribution < -0.4 is 47.6 Å². The molecule has 15 heavy (non-hydrogen) atoms. The summed E-state index contributed by atoms with van der Waals surface area (Å²) in [5, 5.41) is 11.4. The molecule has 1 atom stereocenters. The van der Waals surface area contributed by atoms with Crippen LogP contribution in [0.2, 0.25) is 0 Å². The first-order chi connectivity index (χ1) is 6.27. The first-order valence-electron chi connectivity index (χ1n) is 3.97. The quantitative estimate of drug-likeness (QED) is 0.270. The Hall–Kier alpha value is -0.265. The van der Waals surface area contributed by atoms with Gasteiger partial charge in [-0.25, -0.2) is 0 Å². The molecule has 0 aromatic heterocycles. The van der Waals surface area contributed by atoms with Crippen LogP contribution in [0.4, 0.5) is 0 Å². The minimum Gasteiger partial charge on any atom is -0.848 e. The Balaban J connectivity index is 0. The van der Waals surface area contributed by atoms with Crippen LogP contribution in [-0.4, -0.2) is 7.11 Å². The third-order valence-electron chi connectivity index (χ3n) is 1.75. The standard InChI is InChI=1S/C11H10O2.2Li/c1-3-5-11(12)9-6-4-7-10(8-9)13-2;;/h4,6-8,11H,5H2,2H3;;/q-2;2*+1. The normalized spacial score (nSPS) is 10.2. The van der Waals surface area contributed by atoms with Crippen molar-refractivity contribution < 1.29 is 47.6 Å². The van der Waals surface area contributed by atoms with Gasteiger partial charge in [0.15, 0.2) is 0 Å². The Morgan fingerprint density at radius 1 is 1.47 bits per heavy atom. The first kappa shape index (κ1) is 17.1. The second-order valence-electron chi connectivity index (χ2n) is 2.65. The first-order valence-corrected chi connectivity index (χ1v) is 3.97. The van der Waals surface area contributed by atoms with Gasteiger partial charge in [0.25, 0.3) is 0 Å². The maximum absolute atomic E-state index is 11.4. The molecule has 0 saturated carbocycles. The minimum absolute atomic E-state index is 0. The van der Waals surface area contributed by atoms with Crippen LogP contribution in [0.15, 0.2) is 24.3 Å². The molecule has 1 rings (SSSR count). The summed E-state index contributed by atoms with van der Waals surface area (Å²) in [5.41, 5.74) is 0.638. The van der Waals surface area contributed by atoms with Gasteiger partial charge in [-0.1, -0.05) is 23.8 Å². The zero-order valence-electron chi connectivity index (χ0n) is 9.41. The topological polar surface area (TPSA) is 32.3 Å². The summed E-state index contributed by atoms with van der Waals surface area (Å²) in [7, 11) is 1.56. The van der Waals surface area contributed by atoms with Crippen molar-refractivity contribution >= 4 is 0 Å². The van der Waals surface area contributed by atoms with Crippen molar-refractivity contribution in [1.29, 1.82) is 0 Å². The van der Waals surface area contributed by atoms with Gasteiger partial charge in [0.2, 0.25) is 0 Å². The van der Waals surface area contributed by atoms with Crippen LogP contribution in [0.3, 0.4) is 0 Å². The maximum Gasteiger partial charge on any atom is 1.00 e. The average Bonchev–Trinajstić information content (AvgIpc) is 2.18. The Kier molecular flexibility index (Phi) is 10.3. The zero-order valence-corrected chi connectivity index (χ0v) is 9.41. The molecule has 1 aromatic rings. The molecule has 0 aliphatic heterocycles. The molecule has 0 N–H and O–H groups in total. The number of hydrogen-bond donors (Lipinski definition) is 0. The molecule has 0 radical (unpaired) electrons. The van der Waals surface area contributed by atoms with Gasteiger partial charge in [0.1, 0.15) is 5.75 Å². The van der Waals surface area contributed by atoms with E-state index in [0.29, 0.717) is 11.3 Å². The molecule has 0 aliphatic carbocycles. The van der Waals surface area contributed by atoms with E-state index < -0.39 is 6.10 Å². The number of ether oxygens (including phenoxy) is 1. The second kappa shape index (κ2) is 9.00. The van der Waals surface area contributed by atoms with Gasteiger partial charge in [0.05, 0.1) is 7.11 Å². The number of hydrogen-bond acceptors (Lipinski definition) is 2. The molecular formula is C11H10Li2O2. The van der Waals surface area contributed by atoms with Gasteiger partial charge in [-0.15, -0.1) is 0 Å². The van der Waals surface area contributed by atoms with Gasteiger partial charge in [-0.2, -0.15) is 0 Å². The van der Waals surface area contributed by atoms with Crippen molar-refractivity contribution in [2.24, 2.45) is 0 Å². The van der Waals surface area contributed by atoms with E-state index in [0.717, 1.165) is 0 Å². The Bertz CT molecular complexity index is 321. The summed E-state index contributed by atoms with van der Waals surface area (Å²) in [5.74, 6) is 2.77. The van der Waals surface area contributed by atoms with Crippen molar-refractivity contribution in [2.45, 2.75) is 12.5 Å². The van der Waals surface area contributed by atoms with Crippen LogP contribution in [0.1, 0.15) is 18.1 Å². The molecule has 0 aliphatic rings. The van der Waals surface area contributed by atoms with Crippen molar-refractivity contribution in [2.75, 3.05) is 7.11 Å². The van der Waals surface area contributed by atoms with Gasteiger partial charge >= 0.3 is 37.7 Å². The smallest absolute Gasteiger partial charge is 0.848 e. The molecule has 0 bridgehead atoms. The van der Waals surface area contributed by atoms with Gasteiger partial charge in [-0.3, -0.25) is 0 Å². The van der Waals surface area contributed by atoms with E-state index in [2.05, 4.69) is 5.92 Å². The monoisotopic (exact) mass is 188 g/mol. The SMILES string of the molecule is [C-]#CCC([O-])c1cccc(OC)c1.[Li+].[Li+]. The Labute approximate surface area is 115 Å². The van der Waals surface area contributed by atoms with E-state index in [4.69, 9.17) is 11.2 Å². The Morgan fingerprint density at radius 2 is 2.13 bits per heavy atom. The van der Waals surface area contributed by atoms with E-state index in [1.807, 2.05) is 0 Å². The van der Waals surface area contributed by atoms with E-state index in [1.54, 1.807) is 31.4 Å². The number of rotatable bonds is 3. The fourth-order valence-corrected chi connectivity index (χ4v) is 1.05. The second-order valence-corrected chi connectivity index (χ2v) is 2.65. The van der Waals surface area contributed by atoms with E-state index in [9.17, 15) is 5.11 Å². The van der Waals surface area contributed by atoms with Gasteiger partial charge in [-0.05, 0) is 18.6 Å². The van der Waals surface area contributed by atoms with Gasteiger partial charge in [0, 0.05) is 0 Å². The summed E-state index contributed by atoms with van der Waals surface area (Å²) in [6.45, 7) is 0. The summed E-state index contributed by atoms with van der Waals surface area (Å²) in [6.07, 6.45) is 5.89. The van der Waals surface area contributed by atoms with Crippen LogP contribution >= 0.6 is 0 Å².